The van der Waals surface area contributed by atoms with Crippen LogP contribution in [0, 0.1) is 21.4 Å². The number of nitro groups is 1. The summed E-state index contributed by atoms with van der Waals surface area (Å²) in [5.74, 6) is 5.99. The molecular formula is C14H22N4O2. The average molecular weight is 278 g/mol. The van der Waals surface area contributed by atoms with Gasteiger partial charge in [-0.15, -0.1) is 0 Å². The van der Waals surface area contributed by atoms with Crippen molar-refractivity contribution in [3.05, 3.63) is 28.3 Å². The van der Waals surface area contributed by atoms with Gasteiger partial charge in [0, 0.05) is 30.9 Å². The second kappa shape index (κ2) is 5.28. The van der Waals surface area contributed by atoms with Crippen molar-refractivity contribution in [1.29, 1.82) is 0 Å². The first-order chi connectivity index (χ1) is 9.31. The van der Waals surface area contributed by atoms with Crippen LogP contribution in [0.5, 0.6) is 0 Å². The van der Waals surface area contributed by atoms with Crippen LogP contribution in [0.4, 0.5) is 17.1 Å². The van der Waals surface area contributed by atoms with Crippen molar-refractivity contribution in [2.24, 2.45) is 17.2 Å². The molecule has 1 aromatic carbocycles. The summed E-state index contributed by atoms with van der Waals surface area (Å²) in [7, 11) is 0. The molecule has 1 aliphatic rings. The van der Waals surface area contributed by atoms with Crippen LogP contribution in [-0.4, -0.2) is 18.0 Å². The molecule has 0 spiro atoms. The first-order valence-corrected chi connectivity index (χ1v) is 6.82. The van der Waals surface area contributed by atoms with E-state index in [-0.39, 0.29) is 16.0 Å². The van der Waals surface area contributed by atoms with Gasteiger partial charge in [-0.25, -0.2) is 0 Å². The molecular weight excluding hydrogens is 256 g/mol. The predicted molar refractivity (Wildman–Crippen MR) is 80.7 cm³/mol. The Labute approximate surface area is 119 Å². The number of nitrogens with one attached hydrogen (secondary N) is 1. The third-order valence-electron chi connectivity index (χ3n) is 4.06. The maximum absolute atomic E-state index is 11.0. The van der Waals surface area contributed by atoms with Crippen molar-refractivity contribution >= 4 is 17.1 Å². The van der Waals surface area contributed by atoms with Gasteiger partial charge in [-0.05, 0) is 23.8 Å². The standard InChI is InChI=1S/C14H22N4O2/c1-14(2,3)10-4-5-17(9-10)12-6-11(16-15)7-13(8-12)18(19)20/h6-8,10,16H,4-5,9,15H2,1-3H3. The van der Waals surface area contributed by atoms with Crippen LogP contribution in [0.3, 0.4) is 0 Å². The van der Waals surface area contributed by atoms with E-state index in [1.165, 1.54) is 6.07 Å². The molecule has 0 radical (unpaired) electrons. The van der Waals surface area contributed by atoms with Crippen molar-refractivity contribution in [2.75, 3.05) is 23.4 Å². The summed E-state index contributed by atoms with van der Waals surface area (Å²) < 4.78 is 0. The van der Waals surface area contributed by atoms with Crippen LogP contribution < -0.4 is 16.2 Å². The van der Waals surface area contributed by atoms with Gasteiger partial charge < -0.3 is 10.3 Å². The summed E-state index contributed by atoms with van der Waals surface area (Å²) in [5.41, 5.74) is 4.24. The van der Waals surface area contributed by atoms with Gasteiger partial charge in [0.05, 0.1) is 10.6 Å². The van der Waals surface area contributed by atoms with Crippen molar-refractivity contribution in [1.82, 2.24) is 0 Å². The summed E-state index contributed by atoms with van der Waals surface area (Å²) >= 11 is 0. The fourth-order valence-corrected chi connectivity index (χ4v) is 2.67. The third kappa shape index (κ3) is 3.01. The average Bonchev–Trinajstić information content (AvgIpc) is 2.87. The quantitative estimate of drug-likeness (QED) is 0.504. The Morgan fingerprint density at radius 2 is 2.10 bits per heavy atom. The number of anilines is 2. The summed E-state index contributed by atoms with van der Waals surface area (Å²) in [5, 5.41) is 11.0. The number of non-ortho nitro benzene ring substituents is 1. The van der Waals surface area contributed by atoms with Gasteiger partial charge in [0.15, 0.2) is 0 Å². The number of hydrogen-bond acceptors (Lipinski definition) is 5. The molecule has 1 atom stereocenters. The van der Waals surface area contributed by atoms with E-state index in [4.69, 9.17) is 5.84 Å². The lowest BCUT2D eigenvalue weighted by Crippen LogP contribution is -2.26. The summed E-state index contributed by atoms with van der Waals surface area (Å²) in [6, 6.07) is 4.92. The molecule has 1 saturated heterocycles. The van der Waals surface area contributed by atoms with E-state index in [2.05, 4.69) is 31.1 Å². The lowest BCUT2D eigenvalue weighted by molar-refractivity contribution is -0.384. The highest BCUT2D eigenvalue weighted by Crippen LogP contribution is 2.37. The van der Waals surface area contributed by atoms with Gasteiger partial charge in [-0.2, -0.15) is 0 Å². The fourth-order valence-electron chi connectivity index (χ4n) is 2.67. The van der Waals surface area contributed by atoms with Gasteiger partial charge in [0.1, 0.15) is 0 Å². The molecule has 1 aliphatic heterocycles. The number of nitrogen functional groups attached to an aromatic ring is 1. The molecule has 2 rings (SSSR count). The Hall–Kier alpha value is -1.82. The molecule has 1 fully saturated rings. The zero-order valence-electron chi connectivity index (χ0n) is 12.2. The van der Waals surface area contributed by atoms with Crippen molar-refractivity contribution in [3.8, 4) is 0 Å². The van der Waals surface area contributed by atoms with Crippen LogP contribution in [0.25, 0.3) is 0 Å². The first-order valence-electron chi connectivity index (χ1n) is 6.82. The Morgan fingerprint density at radius 3 is 2.60 bits per heavy atom. The number of nitrogens with zero attached hydrogens (tertiary/aromatic N) is 2. The van der Waals surface area contributed by atoms with Crippen molar-refractivity contribution in [2.45, 2.75) is 27.2 Å². The second-order valence-corrected chi connectivity index (χ2v) is 6.44. The zero-order valence-corrected chi connectivity index (χ0v) is 12.2. The largest absolute Gasteiger partial charge is 0.371 e. The Bertz CT molecular complexity index is 510. The number of nitro benzene ring substituents is 1. The van der Waals surface area contributed by atoms with Gasteiger partial charge in [-0.3, -0.25) is 16.0 Å². The number of hydrogen-bond donors (Lipinski definition) is 2. The molecule has 0 aromatic heterocycles. The van der Waals surface area contributed by atoms with E-state index >= 15 is 0 Å². The van der Waals surface area contributed by atoms with Crippen molar-refractivity contribution < 1.29 is 4.92 Å². The topological polar surface area (TPSA) is 84.4 Å². The number of rotatable bonds is 3. The molecule has 6 nitrogen and oxygen atoms in total. The van der Waals surface area contributed by atoms with Crippen LogP contribution >= 0.6 is 0 Å². The molecule has 110 valence electrons. The number of nitrogens with two attached hydrogens (primary N) is 1. The zero-order chi connectivity index (χ0) is 14.9. The van der Waals surface area contributed by atoms with Gasteiger partial charge in [0.25, 0.3) is 5.69 Å². The number of hydrazine groups is 1. The molecule has 3 N–H and O–H groups in total. The van der Waals surface area contributed by atoms with Gasteiger partial charge in [-0.1, -0.05) is 20.8 Å². The van der Waals surface area contributed by atoms with Gasteiger partial charge >= 0.3 is 0 Å². The molecule has 1 unspecified atom stereocenters. The van der Waals surface area contributed by atoms with Crippen LogP contribution in [0.1, 0.15) is 27.2 Å². The third-order valence-corrected chi connectivity index (χ3v) is 4.06. The molecule has 0 amide bonds. The van der Waals surface area contributed by atoms with E-state index in [0.29, 0.717) is 11.6 Å². The Morgan fingerprint density at radius 1 is 1.40 bits per heavy atom. The van der Waals surface area contributed by atoms with Crippen LogP contribution in [0.2, 0.25) is 0 Å². The molecule has 1 aromatic rings. The smallest absolute Gasteiger partial charge is 0.273 e. The maximum atomic E-state index is 11.0. The van der Waals surface area contributed by atoms with Gasteiger partial charge in [0.2, 0.25) is 0 Å². The lowest BCUT2D eigenvalue weighted by Gasteiger charge is -2.27. The molecule has 0 saturated carbocycles. The first kappa shape index (κ1) is 14.6. The molecule has 0 bridgehead atoms. The Balaban J connectivity index is 2.25. The van der Waals surface area contributed by atoms with E-state index < -0.39 is 0 Å². The van der Waals surface area contributed by atoms with E-state index in [0.717, 1.165) is 25.2 Å². The fraction of sp³-hybridized carbons (Fsp3) is 0.571. The molecule has 1 heterocycles. The van der Waals surface area contributed by atoms with Crippen LogP contribution in [0.15, 0.2) is 18.2 Å². The second-order valence-electron chi connectivity index (χ2n) is 6.44. The van der Waals surface area contributed by atoms with E-state index in [9.17, 15) is 10.1 Å². The summed E-state index contributed by atoms with van der Waals surface area (Å²) in [6.07, 6.45) is 1.11. The van der Waals surface area contributed by atoms with E-state index in [1.54, 1.807) is 6.07 Å². The maximum Gasteiger partial charge on any atom is 0.273 e. The Kier molecular flexibility index (Phi) is 3.85. The highest BCUT2D eigenvalue weighted by Gasteiger charge is 2.32. The lowest BCUT2D eigenvalue weighted by atomic mass is 9.80. The minimum absolute atomic E-state index is 0.0645. The summed E-state index contributed by atoms with van der Waals surface area (Å²) in [6.45, 7) is 8.56. The number of benzene rings is 1. The highest BCUT2D eigenvalue weighted by atomic mass is 16.6. The van der Waals surface area contributed by atoms with E-state index in [1.807, 2.05) is 6.07 Å². The highest BCUT2D eigenvalue weighted by molar-refractivity contribution is 5.64. The van der Waals surface area contributed by atoms with Crippen LogP contribution in [-0.2, 0) is 0 Å². The molecule has 0 aliphatic carbocycles. The minimum Gasteiger partial charge on any atom is -0.371 e. The summed E-state index contributed by atoms with van der Waals surface area (Å²) in [4.78, 5) is 12.8. The predicted octanol–water partition coefficient (Wildman–Crippen LogP) is 2.75. The van der Waals surface area contributed by atoms with Crippen molar-refractivity contribution in [3.63, 3.8) is 0 Å². The minimum atomic E-state index is -0.387. The molecule has 6 heteroatoms. The SMILES string of the molecule is CC(C)(C)C1CCN(c2cc(NN)cc([N+](=O)[O-])c2)C1. The normalized spacial score (nSPS) is 19.2. The molecule has 20 heavy (non-hydrogen) atoms. The monoisotopic (exact) mass is 278 g/mol.